The van der Waals surface area contributed by atoms with Crippen LogP contribution in [0, 0.1) is 11.8 Å². The van der Waals surface area contributed by atoms with Gasteiger partial charge in [-0.1, -0.05) is 19.3 Å². The molecule has 2 rings (SSSR count). The van der Waals surface area contributed by atoms with Crippen molar-refractivity contribution in [2.24, 2.45) is 11.8 Å². The van der Waals surface area contributed by atoms with Crippen molar-refractivity contribution in [3.05, 3.63) is 0 Å². The van der Waals surface area contributed by atoms with Crippen LogP contribution in [0.3, 0.4) is 0 Å². The van der Waals surface area contributed by atoms with E-state index >= 15 is 0 Å². The Kier molecular flexibility index (Phi) is 8.85. The molecule has 2 fully saturated rings. The standard InChI is InChI=1S/C19H32O6/c1-23-18(22)9-5-3-2-4-8-14-15(13-20)17(12-16(14)21)25-19-10-6-7-11-24-19/h13-17,19,21H,2-12H2,1H3/t14-,15-,16+,17-,19?/m1/s1. The molecule has 1 aliphatic heterocycles. The summed E-state index contributed by atoms with van der Waals surface area (Å²) >= 11 is 0. The molecule has 6 heteroatoms. The van der Waals surface area contributed by atoms with E-state index < -0.39 is 6.10 Å². The minimum absolute atomic E-state index is 0.0355. The minimum atomic E-state index is -0.487. The Bertz CT molecular complexity index is 407. The molecule has 0 aromatic rings. The topological polar surface area (TPSA) is 82.1 Å². The first-order valence-corrected chi connectivity index (χ1v) is 9.63. The molecule has 1 heterocycles. The molecule has 0 aromatic carbocycles. The molecule has 6 nitrogen and oxygen atoms in total. The van der Waals surface area contributed by atoms with Crippen LogP contribution in [0.15, 0.2) is 0 Å². The number of hydrogen-bond donors (Lipinski definition) is 1. The lowest BCUT2D eigenvalue weighted by atomic mass is 9.89. The van der Waals surface area contributed by atoms with E-state index in [1.165, 1.54) is 7.11 Å². The van der Waals surface area contributed by atoms with Crippen molar-refractivity contribution in [2.45, 2.75) is 82.7 Å². The molecule has 25 heavy (non-hydrogen) atoms. The third kappa shape index (κ3) is 6.35. The third-order valence-corrected chi connectivity index (χ3v) is 5.41. The summed E-state index contributed by atoms with van der Waals surface area (Å²) in [5.41, 5.74) is 0. The van der Waals surface area contributed by atoms with Crippen molar-refractivity contribution in [1.29, 1.82) is 0 Å². The molecule has 0 spiro atoms. The Morgan fingerprint density at radius 3 is 2.72 bits per heavy atom. The average Bonchev–Trinajstić information content (AvgIpc) is 2.92. The Hall–Kier alpha value is -0.980. The summed E-state index contributed by atoms with van der Waals surface area (Å²) in [6.07, 6.45) is 8.49. The maximum atomic E-state index is 11.6. The van der Waals surface area contributed by atoms with E-state index in [0.717, 1.165) is 57.7 Å². The monoisotopic (exact) mass is 356 g/mol. The van der Waals surface area contributed by atoms with Gasteiger partial charge in [-0.15, -0.1) is 0 Å². The van der Waals surface area contributed by atoms with Gasteiger partial charge >= 0.3 is 5.97 Å². The van der Waals surface area contributed by atoms with Crippen LogP contribution in [0.4, 0.5) is 0 Å². The van der Waals surface area contributed by atoms with Gasteiger partial charge < -0.3 is 24.1 Å². The number of carbonyl (C=O) groups is 2. The molecule has 1 saturated carbocycles. The van der Waals surface area contributed by atoms with Gasteiger partial charge in [-0.2, -0.15) is 0 Å². The van der Waals surface area contributed by atoms with E-state index in [2.05, 4.69) is 4.74 Å². The van der Waals surface area contributed by atoms with Crippen LogP contribution < -0.4 is 0 Å². The molecule has 0 aromatic heterocycles. The van der Waals surface area contributed by atoms with E-state index in [9.17, 15) is 14.7 Å². The molecule has 1 aliphatic carbocycles. The summed E-state index contributed by atoms with van der Waals surface area (Å²) in [7, 11) is 1.40. The van der Waals surface area contributed by atoms with E-state index in [-0.39, 0.29) is 30.2 Å². The molecule has 0 radical (unpaired) electrons. The fraction of sp³-hybridized carbons (Fsp3) is 0.895. The lowest BCUT2D eigenvalue weighted by Gasteiger charge is -2.28. The van der Waals surface area contributed by atoms with Crippen molar-refractivity contribution >= 4 is 12.3 Å². The van der Waals surface area contributed by atoms with Crippen LogP contribution in [0.2, 0.25) is 0 Å². The number of methoxy groups -OCH3 is 1. The average molecular weight is 356 g/mol. The number of hydrogen-bond acceptors (Lipinski definition) is 6. The van der Waals surface area contributed by atoms with E-state index in [4.69, 9.17) is 9.47 Å². The number of rotatable bonds is 10. The molecular weight excluding hydrogens is 324 g/mol. The van der Waals surface area contributed by atoms with Crippen LogP contribution in [0.1, 0.15) is 64.2 Å². The summed E-state index contributed by atoms with van der Waals surface area (Å²) in [6.45, 7) is 0.709. The molecule has 5 atom stereocenters. The first-order chi connectivity index (χ1) is 12.2. The van der Waals surface area contributed by atoms with E-state index in [1.807, 2.05) is 0 Å². The van der Waals surface area contributed by atoms with Crippen LogP contribution in [0.5, 0.6) is 0 Å². The van der Waals surface area contributed by atoms with Gasteiger partial charge in [0.15, 0.2) is 6.29 Å². The van der Waals surface area contributed by atoms with Gasteiger partial charge in [-0.3, -0.25) is 4.79 Å². The molecule has 1 saturated heterocycles. The Labute approximate surface area is 150 Å². The van der Waals surface area contributed by atoms with Gasteiger partial charge in [0, 0.05) is 25.4 Å². The fourth-order valence-corrected chi connectivity index (χ4v) is 3.94. The zero-order valence-electron chi connectivity index (χ0n) is 15.2. The number of esters is 1. The second kappa shape index (κ2) is 10.9. The van der Waals surface area contributed by atoms with Crippen LogP contribution >= 0.6 is 0 Å². The second-order valence-corrected chi connectivity index (χ2v) is 7.18. The molecule has 0 amide bonds. The maximum absolute atomic E-state index is 11.6. The van der Waals surface area contributed by atoms with Gasteiger partial charge in [-0.25, -0.2) is 0 Å². The summed E-state index contributed by atoms with van der Waals surface area (Å²) in [5, 5.41) is 10.4. The van der Waals surface area contributed by atoms with Crippen molar-refractivity contribution in [3.63, 3.8) is 0 Å². The summed E-state index contributed by atoms with van der Waals surface area (Å²) < 4.78 is 16.2. The molecule has 0 bridgehead atoms. The third-order valence-electron chi connectivity index (χ3n) is 5.41. The fourth-order valence-electron chi connectivity index (χ4n) is 3.94. The predicted molar refractivity (Wildman–Crippen MR) is 91.8 cm³/mol. The molecule has 2 aliphatic rings. The van der Waals surface area contributed by atoms with Gasteiger partial charge in [0.1, 0.15) is 6.29 Å². The number of aliphatic hydroxyl groups is 1. The molecule has 1 N–H and O–H groups in total. The number of ether oxygens (including phenoxy) is 3. The lowest BCUT2D eigenvalue weighted by Crippen LogP contribution is -2.32. The van der Waals surface area contributed by atoms with E-state index in [1.54, 1.807) is 0 Å². The van der Waals surface area contributed by atoms with Crippen molar-refractivity contribution in [3.8, 4) is 0 Å². The quantitative estimate of drug-likeness (QED) is 0.368. The van der Waals surface area contributed by atoms with Crippen molar-refractivity contribution in [2.75, 3.05) is 13.7 Å². The van der Waals surface area contributed by atoms with Gasteiger partial charge in [0.2, 0.25) is 0 Å². The zero-order chi connectivity index (χ0) is 18.1. The zero-order valence-corrected chi connectivity index (χ0v) is 15.2. The number of carbonyl (C=O) groups excluding carboxylic acids is 2. The molecule has 144 valence electrons. The maximum Gasteiger partial charge on any atom is 0.305 e. The van der Waals surface area contributed by atoms with Gasteiger partial charge in [0.25, 0.3) is 0 Å². The Morgan fingerprint density at radius 2 is 2.04 bits per heavy atom. The number of aldehydes is 1. The SMILES string of the molecule is COC(=O)CCCCCC[C@@H]1[C@@H](C=O)[C@H](OC2CCCCO2)C[C@@H]1O. The summed E-state index contributed by atoms with van der Waals surface area (Å²) in [5.74, 6) is -0.459. The molecular formula is C19H32O6. The number of unbranched alkanes of at least 4 members (excludes halogenated alkanes) is 3. The normalized spacial score (nSPS) is 32.5. The van der Waals surface area contributed by atoms with Crippen LogP contribution in [-0.2, 0) is 23.8 Å². The van der Waals surface area contributed by atoms with Crippen molar-refractivity contribution in [1.82, 2.24) is 0 Å². The smallest absolute Gasteiger partial charge is 0.305 e. The highest BCUT2D eigenvalue weighted by molar-refractivity contribution is 5.68. The largest absolute Gasteiger partial charge is 0.469 e. The highest BCUT2D eigenvalue weighted by Crippen LogP contribution is 2.38. The lowest BCUT2D eigenvalue weighted by molar-refractivity contribution is -0.195. The first kappa shape index (κ1) is 20.3. The molecule has 1 unspecified atom stereocenters. The van der Waals surface area contributed by atoms with Crippen LogP contribution in [0.25, 0.3) is 0 Å². The second-order valence-electron chi connectivity index (χ2n) is 7.18. The van der Waals surface area contributed by atoms with Crippen molar-refractivity contribution < 1.29 is 28.9 Å². The Balaban J connectivity index is 1.70. The summed E-state index contributed by atoms with van der Waals surface area (Å²) in [6, 6.07) is 0. The van der Waals surface area contributed by atoms with Gasteiger partial charge in [0.05, 0.1) is 19.3 Å². The Morgan fingerprint density at radius 1 is 1.24 bits per heavy atom. The van der Waals surface area contributed by atoms with Gasteiger partial charge in [-0.05, 0) is 38.0 Å². The van der Waals surface area contributed by atoms with E-state index in [0.29, 0.717) is 19.4 Å². The van der Waals surface area contributed by atoms with Crippen LogP contribution in [-0.4, -0.2) is 49.6 Å². The minimum Gasteiger partial charge on any atom is -0.469 e. The predicted octanol–water partition coefficient (Wildman–Crippen LogP) is 2.61. The summed E-state index contributed by atoms with van der Waals surface area (Å²) in [4.78, 5) is 22.6. The first-order valence-electron chi connectivity index (χ1n) is 9.63. The highest BCUT2D eigenvalue weighted by Gasteiger charge is 2.43. The number of aliphatic hydroxyl groups excluding tert-OH is 1. The highest BCUT2D eigenvalue weighted by atomic mass is 16.7.